The summed E-state index contributed by atoms with van der Waals surface area (Å²) in [5.74, 6) is 1.59. The van der Waals surface area contributed by atoms with Crippen molar-refractivity contribution in [2.24, 2.45) is 4.99 Å². The Bertz CT molecular complexity index is 405. The Hall–Kier alpha value is -0.690. The number of aliphatic imine (C=N–C) groups is 1. The lowest BCUT2D eigenvalue weighted by molar-refractivity contribution is 0.410. The third-order valence-corrected chi connectivity index (χ3v) is 2.57. The monoisotopic (exact) mass is 397 g/mol. The van der Waals surface area contributed by atoms with Gasteiger partial charge in [-0.05, 0) is 32.0 Å². The van der Waals surface area contributed by atoms with Crippen molar-refractivity contribution in [2.45, 2.75) is 20.4 Å². The molecule has 1 aromatic carbocycles. The number of nitrogens with one attached hydrogen (secondary N) is 2. The van der Waals surface area contributed by atoms with Crippen LogP contribution in [0.4, 0.5) is 0 Å². The van der Waals surface area contributed by atoms with Crippen LogP contribution in [0, 0.1) is 0 Å². The van der Waals surface area contributed by atoms with Crippen LogP contribution in [0.2, 0.25) is 5.02 Å². The zero-order valence-electron chi connectivity index (χ0n) is 11.5. The fourth-order valence-corrected chi connectivity index (χ4v) is 1.74. The molecule has 0 bridgehead atoms. The molecule has 0 unspecified atom stereocenters. The molecule has 0 saturated heterocycles. The van der Waals surface area contributed by atoms with E-state index in [1.165, 1.54) is 0 Å². The van der Waals surface area contributed by atoms with Crippen molar-refractivity contribution in [3.8, 4) is 5.75 Å². The van der Waals surface area contributed by atoms with Crippen LogP contribution in [0.15, 0.2) is 23.2 Å². The number of benzene rings is 1. The van der Waals surface area contributed by atoms with Gasteiger partial charge < -0.3 is 15.4 Å². The molecule has 0 saturated carbocycles. The molecule has 0 heterocycles. The van der Waals surface area contributed by atoms with Gasteiger partial charge in [-0.2, -0.15) is 0 Å². The second-order valence-corrected chi connectivity index (χ2v) is 4.12. The molecule has 0 fully saturated rings. The second kappa shape index (κ2) is 10.1. The zero-order valence-corrected chi connectivity index (χ0v) is 14.6. The Labute approximate surface area is 137 Å². The Morgan fingerprint density at radius 2 is 1.89 bits per heavy atom. The molecule has 0 spiro atoms. The molecule has 4 nitrogen and oxygen atoms in total. The highest BCUT2D eigenvalue weighted by atomic mass is 127. The van der Waals surface area contributed by atoms with E-state index in [1.807, 2.05) is 32.0 Å². The molecule has 108 valence electrons. The highest BCUT2D eigenvalue weighted by Gasteiger charge is 2.03. The van der Waals surface area contributed by atoms with E-state index in [0.29, 0.717) is 11.6 Å². The Morgan fingerprint density at radius 1 is 1.26 bits per heavy atom. The summed E-state index contributed by atoms with van der Waals surface area (Å²) < 4.78 is 5.28. The van der Waals surface area contributed by atoms with Gasteiger partial charge in [0.2, 0.25) is 0 Å². The van der Waals surface area contributed by atoms with Gasteiger partial charge >= 0.3 is 0 Å². The Morgan fingerprint density at radius 3 is 2.42 bits per heavy atom. The minimum absolute atomic E-state index is 0. The lowest BCUT2D eigenvalue weighted by atomic mass is 10.2. The minimum Gasteiger partial charge on any atom is -0.496 e. The summed E-state index contributed by atoms with van der Waals surface area (Å²) in [6.07, 6.45) is 0. The van der Waals surface area contributed by atoms with Crippen molar-refractivity contribution in [2.75, 3.05) is 20.2 Å². The molecule has 2 N–H and O–H groups in total. The average molecular weight is 398 g/mol. The molecule has 1 rings (SSSR count). The van der Waals surface area contributed by atoms with Crippen LogP contribution in [-0.4, -0.2) is 26.2 Å². The number of ether oxygens (including phenoxy) is 1. The smallest absolute Gasteiger partial charge is 0.191 e. The molecular formula is C13H21ClIN3O. The van der Waals surface area contributed by atoms with Crippen LogP contribution >= 0.6 is 35.6 Å². The molecule has 0 aliphatic heterocycles. The van der Waals surface area contributed by atoms with E-state index in [-0.39, 0.29) is 24.0 Å². The Kier molecular flexibility index (Phi) is 9.77. The van der Waals surface area contributed by atoms with E-state index >= 15 is 0 Å². The second-order valence-electron chi connectivity index (χ2n) is 3.68. The topological polar surface area (TPSA) is 45.7 Å². The van der Waals surface area contributed by atoms with Crippen molar-refractivity contribution in [3.05, 3.63) is 28.8 Å². The van der Waals surface area contributed by atoms with Crippen LogP contribution in [-0.2, 0) is 6.54 Å². The van der Waals surface area contributed by atoms with Gasteiger partial charge in [0.1, 0.15) is 5.75 Å². The van der Waals surface area contributed by atoms with Crippen molar-refractivity contribution >= 4 is 41.5 Å². The molecular weight excluding hydrogens is 377 g/mol. The molecule has 1 aromatic rings. The first kappa shape index (κ1) is 18.3. The predicted octanol–water partition coefficient (Wildman–Crippen LogP) is 3.04. The van der Waals surface area contributed by atoms with Crippen molar-refractivity contribution in [1.82, 2.24) is 10.6 Å². The summed E-state index contributed by atoms with van der Waals surface area (Å²) in [7, 11) is 1.64. The molecule has 0 radical (unpaired) electrons. The average Bonchev–Trinajstić information content (AvgIpc) is 2.36. The lowest BCUT2D eigenvalue weighted by Crippen LogP contribution is -2.36. The van der Waals surface area contributed by atoms with Crippen LogP contribution < -0.4 is 15.4 Å². The third-order valence-electron chi connectivity index (χ3n) is 2.34. The van der Waals surface area contributed by atoms with Gasteiger partial charge in [0.25, 0.3) is 0 Å². The summed E-state index contributed by atoms with van der Waals surface area (Å²) in [6.45, 7) is 6.26. The number of guanidine groups is 1. The van der Waals surface area contributed by atoms with Gasteiger partial charge in [-0.3, -0.25) is 0 Å². The number of hydrogen-bond acceptors (Lipinski definition) is 2. The lowest BCUT2D eigenvalue weighted by Gasteiger charge is -2.10. The van der Waals surface area contributed by atoms with Gasteiger partial charge in [0, 0.05) is 23.7 Å². The highest BCUT2D eigenvalue weighted by molar-refractivity contribution is 14.0. The normalized spacial score (nSPS) is 9.26. The van der Waals surface area contributed by atoms with Crippen molar-refractivity contribution in [3.63, 3.8) is 0 Å². The van der Waals surface area contributed by atoms with Crippen LogP contribution in [0.3, 0.4) is 0 Å². The van der Waals surface area contributed by atoms with Crippen LogP contribution in [0.1, 0.15) is 19.4 Å². The number of methoxy groups -OCH3 is 1. The minimum atomic E-state index is 0. The standard InChI is InChI=1S/C13H20ClN3O.HI/c1-4-15-13(16-5-2)17-9-10-8-11(14)6-7-12(10)18-3;/h6-8H,4-5,9H2,1-3H3,(H2,15,16,17);1H. The van der Waals surface area contributed by atoms with Gasteiger partial charge in [-0.15, -0.1) is 24.0 Å². The van der Waals surface area contributed by atoms with E-state index in [1.54, 1.807) is 7.11 Å². The van der Waals surface area contributed by atoms with Gasteiger partial charge in [0.05, 0.1) is 13.7 Å². The van der Waals surface area contributed by atoms with E-state index in [0.717, 1.165) is 30.4 Å². The van der Waals surface area contributed by atoms with Gasteiger partial charge in [-0.25, -0.2) is 4.99 Å². The third kappa shape index (κ3) is 6.33. The van der Waals surface area contributed by atoms with Crippen molar-refractivity contribution in [1.29, 1.82) is 0 Å². The summed E-state index contributed by atoms with van der Waals surface area (Å²) in [6, 6.07) is 5.54. The van der Waals surface area contributed by atoms with E-state index in [9.17, 15) is 0 Å². The molecule has 0 atom stereocenters. The number of rotatable bonds is 5. The highest BCUT2D eigenvalue weighted by Crippen LogP contribution is 2.23. The summed E-state index contributed by atoms with van der Waals surface area (Å²) in [4.78, 5) is 4.48. The summed E-state index contributed by atoms with van der Waals surface area (Å²) in [5, 5.41) is 7.03. The maximum atomic E-state index is 5.98. The molecule has 0 aliphatic rings. The summed E-state index contributed by atoms with van der Waals surface area (Å²) >= 11 is 5.98. The number of nitrogens with zero attached hydrogens (tertiary/aromatic N) is 1. The quantitative estimate of drug-likeness (QED) is 0.456. The maximum absolute atomic E-state index is 5.98. The van der Waals surface area contributed by atoms with Gasteiger partial charge in [-0.1, -0.05) is 11.6 Å². The van der Waals surface area contributed by atoms with Gasteiger partial charge in [0.15, 0.2) is 5.96 Å². The molecule has 0 aliphatic carbocycles. The molecule has 6 heteroatoms. The Balaban J connectivity index is 0.00000324. The molecule has 0 aromatic heterocycles. The number of hydrogen-bond donors (Lipinski definition) is 2. The first-order chi connectivity index (χ1) is 8.71. The zero-order chi connectivity index (χ0) is 13.4. The van der Waals surface area contributed by atoms with Crippen LogP contribution in [0.25, 0.3) is 0 Å². The number of halogens is 2. The van der Waals surface area contributed by atoms with E-state index in [4.69, 9.17) is 16.3 Å². The first-order valence-electron chi connectivity index (χ1n) is 6.05. The fraction of sp³-hybridized carbons (Fsp3) is 0.462. The fourth-order valence-electron chi connectivity index (χ4n) is 1.54. The summed E-state index contributed by atoms with van der Waals surface area (Å²) in [5.41, 5.74) is 0.971. The SMILES string of the molecule is CCNC(=NCc1cc(Cl)ccc1OC)NCC.I. The maximum Gasteiger partial charge on any atom is 0.191 e. The van der Waals surface area contributed by atoms with Crippen molar-refractivity contribution < 1.29 is 4.74 Å². The van der Waals surface area contributed by atoms with Crippen LogP contribution in [0.5, 0.6) is 5.75 Å². The largest absolute Gasteiger partial charge is 0.496 e. The predicted molar refractivity (Wildman–Crippen MR) is 91.9 cm³/mol. The molecule has 19 heavy (non-hydrogen) atoms. The van der Waals surface area contributed by atoms with E-state index in [2.05, 4.69) is 15.6 Å². The first-order valence-corrected chi connectivity index (χ1v) is 6.43. The van der Waals surface area contributed by atoms with E-state index < -0.39 is 0 Å². The molecule has 0 amide bonds.